The van der Waals surface area contributed by atoms with E-state index in [0.717, 1.165) is 12.8 Å². The molecule has 2 aromatic rings. The molecule has 0 fully saturated rings. The molecule has 2 amide bonds. The summed E-state index contributed by atoms with van der Waals surface area (Å²) in [5, 5.41) is 3.87. The molecule has 2 rings (SSSR count). The first-order valence-electron chi connectivity index (χ1n) is 11.0. The molecule has 0 radical (unpaired) electrons. The largest absolute Gasteiger partial charge is 0.484 e. The zero-order chi connectivity index (χ0) is 23.7. The lowest BCUT2D eigenvalue weighted by Crippen LogP contribution is -2.51. The van der Waals surface area contributed by atoms with Gasteiger partial charge in [0.1, 0.15) is 11.8 Å². The number of aryl methyl sites for hydroxylation is 1. The first-order chi connectivity index (χ1) is 15.3. The maximum absolute atomic E-state index is 13.3. The summed E-state index contributed by atoms with van der Waals surface area (Å²) in [5.41, 5.74) is 1.79. The summed E-state index contributed by atoms with van der Waals surface area (Å²) >= 11 is 12.7. The van der Waals surface area contributed by atoms with Crippen LogP contribution in [0.4, 0.5) is 0 Å². The van der Waals surface area contributed by atoms with Crippen LogP contribution in [0.3, 0.4) is 0 Å². The molecule has 2 atom stereocenters. The van der Waals surface area contributed by atoms with Crippen molar-refractivity contribution >= 4 is 35.0 Å². The van der Waals surface area contributed by atoms with Crippen molar-refractivity contribution in [2.45, 2.75) is 65.6 Å². The minimum absolute atomic E-state index is 0.00531. The fraction of sp³-hybridized carbons (Fsp3) is 0.440. The van der Waals surface area contributed by atoms with Gasteiger partial charge in [0.2, 0.25) is 5.91 Å². The van der Waals surface area contributed by atoms with Crippen molar-refractivity contribution in [2.24, 2.45) is 0 Å². The summed E-state index contributed by atoms with van der Waals surface area (Å²) in [6.45, 7) is 7.80. The van der Waals surface area contributed by atoms with Crippen LogP contribution in [0.2, 0.25) is 10.0 Å². The molecule has 0 spiro atoms. The molecule has 32 heavy (non-hydrogen) atoms. The summed E-state index contributed by atoms with van der Waals surface area (Å²) < 4.78 is 5.73. The Bertz CT molecular complexity index is 882. The van der Waals surface area contributed by atoms with E-state index in [9.17, 15) is 9.59 Å². The van der Waals surface area contributed by atoms with Crippen LogP contribution in [0.1, 0.15) is 51.7 Å². The molecule has 0 saturated carbocycles. The van der Waals surface area contributed by atoms with E-state index in [4.69, 9.17) is 27.9 Å². The van der Waals surface area contributed by atoms with E-state index in [-0.39, 0.29) is 31.0 Å². The highest BCUT2D eigenvalue weighted by Crippen LogP contribution is 2.27. The van der Waals surface area contributed by atoms with E-state index in [1.165, 1.54) is 10.5 Å². The van der Waals surface area contributed by atoms with Crippen molar-refractivity contribution in [1.29, 1.82) is 0 Å². The molecule has 0 saturated heterocycles. The van der Waals surface area contributed by atoms with E-state index < -0.39 is 6.04 Å². The molecule has 0 aliphatic carbocycles. The van der Waals surface area contributed by atoms with Gasteiger partial charge in [-0.3, -0.25) is 9.59 Å². The number of nitrogens with zero attached hydrogens (tertiary/aromatic N) is 1. The summed E-state index contributed by atoms with van der Waals surface area (Å²) in [6.07, 6.45) is 2.17. The zero-order valence-electron chi connectivity index (χ0n) is 19.2. The first-order valence-corrected chi connectivity index (χ1v) is 11.8. The maximum Gasteiger partial charge on any atom is 0.261 e. The molecule has 0 aromatic heterocycles. The Labute approximate surface area is 201 Å². The minimum Gasteiger partial charge on any atom is -0.484 e. The van der Waals surface area contributed by atoms with Crippen molar-refractivity contribution in [3.8, 4) is 5.75 Å². The predicted molar refractivity (Wildman–Crippen MR) is 130 cm³/mol. The summed E-state index contributed by atoms with van der Waals surface area (Å²) in [4.78, 5) is 27.7. The average Bonchev–Trinajstić information content (AvgIpc) is 2.79. The quantitative estimate of drug-likeness (QED) is 0.453. The van der Waals surface area contributed by atoms with E-state index in [1.54, 1.807) is 18.2 Å². The standard InChI is InChI=1S/C25H32Cl2N2O3/c1-5-17(4)28-25(31)23(7-3)29(15-20-21(26)9-8-10-22(20)27)24(30)16-32-19-13-11-18(6-2)12-14-19/h8-14,17,23H,5-7,15-16H2,1-4H3,(H,28,31)/t17-,23+/m0/s1. The van der Waals surface area contributed by atoms with Crippen LogP contribution >= 0.6 is 23.2 Å². The van der Waals surface area contributed by atoms with Crippen molar-refractivity contribution in [2.75, 3.05) is 6.61 Å². The number of hydrogen-bond acceptors (Lipinski definition) is 3. The topological polar surface area (TPSA) is 58.6 Å². The van der Waals surface area contributed by atoms with Crippen LogP contribution in [0.5, 0.6) is 5.75 Å². The van der Waals surface area contributed by atoms with E-state index >= 15 is 0 Å². The Morgan fingerprint density at radius 2 is 1.62 bits per heavy atom. The Morgan fingerprint density at radius 3 is 2.16 bits per heavy atom. The summed E-state index contributed by atoms with van der Waals surface area (Å²) in [7, 11) is 0. The first kappa shape index (κ1) is 26.0. The number of hydrogen-bond donors (Lipinski definition) is 1. The van der Waals surface area contributed by atoms with Crippen molar-refractivity contribution in [3.63, 3.8) is 0 Å². The van der Waals surface area contributed by atoms with Gasteiger partial charge in [-0.05, 0) is 56.0 Å². The highest BCUT2D eigenvalue weighted by atomic mass is 35.5. The van der Waals surface area contributed by atoms with Gasteiger partial charge in [-0.25, -0.2) is 0 Å². The fourth-order valence-electron chi connectivity index (χ4n) is 3.26. The number of ether oxygens (including phenoxy) is 1. The number of amides is 2. The number of benzene rings is 2. The Morgan fingerprint density at radius 1 is 1.00 bits per heavy atom. The van der Waals surface area contributed by atoms with Gasteiger partial charge in [0, 0.05) is 28.2 Å². The molecule has 1 N–H and O–H groups in total. The lowest BCUT2D eigenvalue weighted by molar-refractivity contribution is -0.143. The van der Waals surface area contributed by atoms with Crippen molar-refractivity contribution in [3.05, 3.63) is 63.6 Å². The Balaban J connectivity index is 2.26. The van der Waals surface area contributed by atoms with Gasteiger partial charge in [-0.2, -0.15) is 0 Å². The van der Waals surface area contributed by atoms with Crippen LogP contribution in [0.15, 0.2) is 42.5 Å². The van der Waals surface area contributed by atoms with Gasteiger partial charge in [0.25, 0.3) is 5.91 Å². The van der Waals surface area contributed by atoms with Crippen molar-refractivity contribution < 1.29 is 14.3 Å². The normalized spacial score (nSPS) is 12.7. The number of rotatable bonds is 11. The third-order valence-electron chi connectivity index (χ3n) is 5.47. The Kier molecular flexibility index (Phi) is 10.3. The minimum atomic E-state index is -0.671. The highest BCUT2D eigenvalue weighted by molar-refractivity contribution is 6.36. The Hall–Kier alpha value is -2.24. The second-order valence-corrected chi connectivity index (χ2v) is 8.56. The second-order valence-electron chi connectivity index (χ2n) is 7.75. The smallest absolute Gasteiger partial charge is 0.261 e. The molecule has 0 aliphatic rings. The van der Waals surface area contributed by atoms with Crippen LogP contribution in [0.25, 0.3) is 0 Å². The van der Waals surface area contributed by atoms with Gasteiger partial charge >= 0.3 is 0 Å². The molecule has 0 unspecified atom stereocenters. The molecule has 5 nitrogen and oxygen atoms in total. The lowest BCUT2D eigenvalue weighted by Gasteiger charge is -2.31. The van der Waals surface area contributed by atoms with Gasteiger partial charge in [-0.15, -0.1) is 0 Å². The SMILES string of the molecule is CCc1ccc(OCC(=O)N(Cc2c(Cl)cccc2Cl)[C@H](CC)C(=O)N[C@@H](C)CC)cc1. The molecular formula is C25H32Cl2N2O3. The van der Waals surface area contributed by atoms with Gasteiger partial charge in [0.05, 0.1) is 0 Å². The van der Waals surface area contributed by atoms with Crippen LogP contribution < -0.4 is 10.1 Å². The van der Waals surface area contributed by atoms with E-state index in [0.29, 0.717) is 27.8 Å². The van der Waals surface area contributed by atoms with Crippen molar-refractivity contribution in [1.82, 2.24) is 10.2 Å². The van der Waals surface area contributed by atoms with Crippen LogP contribution in [-0.2, 0) is 22.6 Å². The maximum atomic E-state index is 13.3. The molecule has 2 aromatic carbocycles. The number of carbonyl (C=O) groups excluding carboxylic acids is 2. The van der Waals surface area contributed by atoms with Gasteiger partial charge in [-0.1, -0.05) is 62.2 Å². The predicted octanol–water partition coefficient (Wildman–Crippen LogP) is 5.66. The van der Waals surface area contributed by atoms with Gasteiger partial charge < -0.3 is 15.0 Å². The molecule has 0 heterocycles. The van der Waals surface area contributed by atoms with Crippen LogP contribution in [0, 0.1) is 0 Å². The third-order valence-corrected chi connectivity index (χ3v) is 6.18. The number of halogens is 2. The summed E-state index contributed by atoms with van der Waals surface area (Å²) in [5.74, 6) is 0.0840. The molecule has 0 aliphatic heterocycles. The third kappa shape index (κ3) is 7.14. The van der Waals surface area contributed by atoms with E-state index in [2.05, 4.69) is 12.2 Å². The van der Waals surface area contributed by atoms with Gasteiger partial charge in [0.15, 0.2) is 6.61 Å². The molecular weight excluding hydrogens is 447 g/mol. The number of carbonyl (C=O) groups is 2. The lowest BCUT2D eigenvalue weighted by atomic mass is 10.1. The monoisotopic (exact) mass is 478 g/mol. The zero-order valence-corrected chi connectivity index (χ0v) is 20.7. The molecule has 174 valence electrons. The highest BCUT2D eigenvalue weighted by Gasteiger charge is 2.30. The molecule has 7 heteroatoms. The molecule has 0 bridgehead atoms. The second kappa shape index (κ2) is 12.7. The average molecular weight is 479 g/mol. The fourth-order valence-corrected chi connectivity index (χ4v) is 3.78. The van der Waals surface area contributed by atoms with Crippen LogP contribution in [-0.4, -0.2) is 35.4 Å². The summed E-state index contributed by atoms with van der Waals surface area (Å²) in [6, 6.07) is 12.1. The van der Waals surface area contributed by atoms with E-state index in [1.807, 2.05) is 45.0 Å². The number of nitrogens with one attached hydrogen (secondary N) is 1.